The Balaban J connectivity index is 1.60. The van der Waals surface area contributed by atoms with E-state index >= 15 is 0 Å². The number of carbonyl (C=O) groups excluding carboxylic acids is 1. The van der Waals surface area contributed by atoms with Crippen molar-refractivity contribution in [2.45, 2.75) is 46.1 Å². The van der Waals surface area contributed by atoms with E-state index in [1.54, 1.807) is 0 Å². The maximum Gasteiger partial charge on any atom is 0.220 e. The highest BCUT2D eigenvalue weighted by molar-refractivity contribution is 5.75. The first-order valence-electron chi connectivity index (χ1n) is 8.10. The lowest BCUT2D eigenvalue weighted by Gasteiger charge is -2.22. The fourth-order valence-electron chi connectivity index (χ4n) is 2.88. The van der Waals surface area contributed by atoms with Crippen molar-refractivity contribution in [2.24, 2.45) is 11.8 Å². The van der Waals surface area contributed by atoms with Gasteiger partial charge in [-0.25, -0.2) is 4.98 Å². The normalized spacial score (nSPS) is 17.6. The maximum absolute atomic E-state index is 11.9. The summed E-state index contributed by atoms with van der Waals surface area (Å²) >= 11 is 0. The lowest BCUT2D eigenvalue weighted by atomic mass is 9.93. The first-order valence-corrected chi connectivity index (χ1v) is 8.10. The number of hydrogen-bond donors (Lipinski definition) is 2. The van der Waals surface area contributed by atoms with E-state index in [2.05, 4.69) is 27.1 Å². The number of hydrogen-bond acceptors (Lipinski definition) is 3. The van der Waals surface area contributed by atoms with Crippen LogP contribution in [-0.4, -0.2) is 35.1 Å². The van der Waals surface area contributed by atoms with Crippen LogP contribution in [0.2, 0.25) is 0 Å². The van der Waals surface area contributed by atoms with Gasteiger partial charge in [0, 0.05) is 31.9 Å². The number of aryl methyl sites for hydroxylation is 1. The molecule has 0 radical (unpaired) electrons. The molecule has 1 atom stereocenters. The Bertz CT molecular complexity index is 437. The summed E-state index contributed by atoms with van der Waals surface area (Å²) < 4.78 is 2.13. The summed E-state index contributed by atoms with van der Waals surface area (Å²) in [6, 6.07) is 0. The molecule has 1 fully saturated rings. The fourth-order valence-corrected chi connectivity index (χ4v) is 2.88. The SMILES string of the molecule is Cc1nccn1CC(C)CNC(=O)CCC1CCNCC1. The van der Waals surface area contributed by atoms with E-state index < -0.39 is 0 Å². The molecule has 0 spiro atoms. The first-order chi connectivity index (χ1) is 10.1. The third-order valence-corrected chi connectivity index (χ3v) is 4.32. The zero-order valence-corrected chi connectivity index (χ0v) is 13.3. The second kappa shape index (κ2) is 8.17. The number of imidazole rings is 1. The number of carbonyl (C=O) groups is 1. The summed E-state index contributed by atoms with van der Waals surface area (Å²) in [4.78, 5) is 16.1. The van der Waals surface area contributed by atoms with Crippen molar-refractivity contribution < 1.29 is 4.79 Å². The lowest BCUT2D eigenvalue weighted by molar-refractivity contribution is -0.121. The quantitative estimate of drug-likeness (QED) is 0.804. The molecule has 2 rings (SSSR count). The molecule has 0 bridgehead atoms. The van der Waals surface area contributed by atoms with Crippen LogP contribution in [0.1, 0.15) is 38.4 Å². The minimum atomic E-state index is 0.197. The smallest absolute Gasteiger partial charge is 0.220 e. The maximum atomic E-state index is 11.9. The Morgan fingerprint density at radius 1 is 1.52 bits per heavy atom. The van der Waals surface area contributed by atoms with Crippen molar-refractivity contribution in [3.8, 4) is 0 Å². The van der Waals surface area contributed by atoms with Crippen molar-refractivity contribution in [2.75, 3.05) is 19.6 Å². The van der Waals surface area contributed by atoms with Crippen molar-refractivity contribution in [1.29, 1.82) is 0 Å². The topological polar surface area (TPSA) is 59.0 Å². The summed E-state index contributed by atoms with van der Waals surface area (Å²) in [5.41, 5.74) is 0. The van der Waals surface area contributed by atoms with Crippen molar-refractivity contribution >= 4 is 5.91 Å². The van der Waals surface area contributed by atoms with Gasteiger partial charge in [0.05, 0.1) is 0 Å². The number of nitrogens with one attached hydrogen (secondary N) is 2. The van der Waals surface area contributed by atoms with Gasteiger partial charge in [-0.2, -0.15) is 0 Å². The van der Waals surface area contributed by atoms with Gasteiger partial charge in [0.2, 0.25) is 5.91 Å². The molecule has 5 nitrogen and oxygen atoms in total. The lowest BCUT2D eigenvalue weighted by Crippen LogP contribution is -2.31. The van der Waals surface area contributed by atoms with Gasteiger partial charge in [0.25, 0.3) is 0 Å². The average molecular weight is 292 g/mol. The predicted octanol–water partition coefficient (Wildman–Crippen LogP) is 1.72. The van der Waals surface area contributed by atoms with Crippen LogP contribution in [0.25, 0.3) is 0 Å². The number of piperidine rings is 1. The van der Waals surface area contributed by atoms with Crippen LogP contribution in [0.15, 0.2) is 12.4 Å². The largest absolute Gasteiger partial charge is 0.356 e. The Kier molecular flexibility index (Phi) is 6.23. The molecule has 118 valence electrons. The van der Waals surface area contributed by atoms with Crippen LogP contribution >= 0.6 is 0 Å². The van der Waals surface area contributed by atoms with Gasteiger partial charge in [0.15, 0.2) is 0 Å². The molecule has 21 heavy (non-hydrogen) atoms. The number of amides is 1. The molecule has 0 aliphatic carbocycles. The molecule has 1 aliphatic rings. The minimum Gasteiger partial charge on any atom is -0.356 e. The van der Waals surface area contributed by atoms with E-state index in [9.17, 15) is 4.79 Å². The van der Waals surface area contributed by atoms with Gasteiger partial charge < -0.3 is 15.2 Å². The van der Waals surface area contributed by atoms with E-state index in [4.69, 9.17) is 0 Å². The Hall–Kier alpha value is -1.36. The van der Waals surface area contributed by atoms with Crippen molar-refractivity contribution in [3.05, 3.63) is 18.2 Å². The molecule has 1 aliphatic heterocycles. The van der Waals surface area contributed by atoms with Crippen LogP contribution in [0.5, 0.6) is 0 Å². The van der Waals surface area contributed by atoms with Gasteiger partial charge in [-0.05, 0) is 51.1 Å². The van der Waals surface area contributed by atoms with Crippen molar-refractivity contribution in [3.63, 3.8) is 0 Å². The zero-order valence-electron chi connectivity index (χ0n) is 13.3. The van der Waals surface area contributed by atoms with Crippen LogP contribution in [0.4, 0.5) is 0 Å². The Morgan fingerprint density at radius 3 is 2.95 bits per heavy atom. The van der Waals surface area contributed by atoms with Crippen LogP contribution in [-0.2, 0) is 11.3 Å². The van der Waals surface area contributed by atoms with Gasteiger partial charge in [-0.1, -0.05) is 6.92 Å². The first kappa shape index (κ1) is 16.0. The highest BCUT2D eigenvalue weighted by atomic mass is 16.1. The molecular formula is C16H28N4O. The summed E-state index contributed by atoms with van der Waals surface area (Å²) in [6.45, 7) is 8.01. The summed E-state index contributed by atoms with van der Waals surface area (Å²) in [7, 11) is 0. The van der Waals surface area contributed by atoms with Gasteiger partial charge in [-0.3, -0.25) is 4.79 Å². The molecule has 0 saturated carbocycles. The van der Waals surface area contributed by atoms with E-state index in [-0.39, 0.29) is 5.91 Å². The molecule has 1 aromatic rings. The fraction of sp³-hybridized carbons (Fsp3) is 0.750. The molecule has 1 saturated heterocycles. The van der Waals surface area contributed by atoms with Crippen LogP contribution in [0.3, 0.4) is 0 Å². The monoisotopic (exact) mass is 292 g/mol. The molecular weight excluding hydrogens is 264 g/mol. The summed E-state index contributed by atoms with van der Waals surface area (Å²) in [5.74, 6) is 2.37. The van der Waals surface area contributed by atoms with Gasteiger partial charge >= 0.3 is 0 Å². The van der Waals surface area contributed by atoms with Crippen LogP contribution < -0.4 is 10.6 Å². The van der Waals surface area contributed by atoms with E-state index in [1.807, 2.05) is 19.3 Å². The van der Waals surface area contributed by atoms with Crippen LogP contribution in [0, 0.1) is 18.8 Å². The molecule has 1 unspecified atom stereocenters. The molecule has 2 N–H and O–H groups in total. The molecule has 5 heteroatoms. The van der Waals surface area contributed by atoms with Gasteiger partial charge in [0.1, 0.15) is 5.82 Å². The van der Waals surface area contributed by atoms with Gasteiger partial charge in [-0.15, -0.1) is 0 Å². The third-order valence-electron chi connectivity index (χ3n) is 4.32. The van der Waals surface area contributed by atoms with E-state index in [0.717, 1.165) is 44.3 Å². The Labute approximate surface area is 127 Å². The summed E-state index contributed by atoms with van der Waals surface area (Å²) in [6.07, 6.45) is 7.93. The predicted molar refractivity (Wildman–Crippen MR) is 84.0 cm³/mol. The minimum absolute atomic E-state index is 0.197. The standard InChI is InChI=1S/C16H28N4O/c1-13(12-20-10-9-18-14(20)2)11-19-16(21)4-3-15-5-7-17-8-6-15/h9-10,13,15,17H,3-8,11-12H2,1-2H3,(H,19,21). The molecule has 1 aromatic heterocycles. The zero-order chi connectivity index (χ0) is 15.1. The third kappa shape index (κ3) is 5.50. The Morgan fingerprint density at radius 2 is 2.29 bits per heavy atom. The average Bonchev–Trinajstić information content (AvgIpc) is 2.89. The molecule has 2 heterocycles. The van der Waals surface area contributed by atoms with E-state index in [1.165, 1.54) is 12.8 Å². The second-order valence-corrected chi connectivity index (χ2v) is 6.27. The number of rotatable bonds is 7. The van der Waals surface area contributed by atoms with E-state index in [0.29, 0.717) is 12.3 Å². The summed E-state index contributed by atoms with van der Waals surface area (Å²) in [5, 5.41) is 6.43. The second-order valence-electron chi connectivity index (χ2n) is 6.27. The molecule has 1 amide bonds. The number of nitrogens with zero attached hydrogens (tertiary/aromatic N) is 2. The van der Waals surface area contributed by atoms with Crippen molar-refractivity contribution in [1.82, 2.24) is 20.2 Å². The molecule has 0 aromatic carbocycles. The number of aromatic nitrogens is 2. The highest BCUT2D eigenvalue weighted by Gasteiger charge is 2.14. The highest BCUT2D eigenvalue weighted by Crippen LogP contribution is 2.17.